The molecule has 1 saturated heterocycles. The number of aryl methyl sites for hydroxylation is 1. The molecule has 0 aromatic heterocycles. The molecule has 1 aromatic rings. The number of hydrogen-bond donors (Lipinski definition) is 1. The molecule has 104 valence electrons. The van der Waals surface area contributed by atoms with E-state index in [0.29, 0.717) is 6.42 Å². The van der Waals surface area contributed by atoms with Crippen molar-refractivity contribution >= 4 is 5.97 Å². The Hall–Kier alpha value is -1.35. The predicted octanol–water partition coefficient (Wildman–Crippen LogP) is 3.13. The van der Waals surface area contributed by atoms with Gasteiger partial charge in [0.1, 0.15) is 5.54 Å². The molecular weight excluding hydrogens is 238 g/mol. The molecule has 2 rings (SSSR count). The maximum absolute atomic E-state index is 11.7. The molecule has 0 saturated carbocycles. The maximum Gasteiger partial charge on any atom is 0.324 e. The van der Waals surface area contributed by atoms with Crippen molar-refractivity contribution in [3.63, 3.8) is 0 Å². The highest BCUT2D eigenvalue weighted by Gasteiger charge is 2.45. The molecule has 1 heterocycles. The molecule has 1 unspecified atom stereocenters. The van der Waals surface area contributed by atoms with Gasteiger partial charge in [0.05, 0.1) is 0 Å². The summed E-state index contributed by atoms with van der Waals surface area (Å²) in [6.07, 6.45) is 2.42. The Kier molecular flexibility index (Phi) is 3.95. The van der Waals surface area contributed by atoms with E-state index in [0.717, 1.165) is 25.9 Å². The summed E-state index contributed by atoms with van der Waals surface area (Å²) in [7, 11) is 0. The van der Waals surface area contributed by atoms with E-state index in [1.165, 1.54) is 16.7 Å². The molecule has 0 aliphatic carbocycles. The summed E-state index contributed by atoms with van der Waals surface area (Å²) in [5, 5.41) is 9.59. The molecule has 3 nitrogen and oxygen atoms in total. The van der Waals surface area contributed by atoms with Gasteiger partial charge in [0.2, 0.25) is 0 Å². The van der Waals surface area contributed by atoms with E-state index in [9.17, 15) is 9.90 Å². The number of carboxylic acid groups (broad SMARTS) is 1. The summed E-state index contributed by atoms with van der Waals surface area (Å²) in [4.78, 5) is 13.8. The van der Waals surface area contributed by atoms with Crippen LogP contribution in [0.3, 0.4) is 0 Å². The van der Waals surface area contributed by atoms with Crippen LogP contribution in [0.15, 0.2) is 18.2 Å². The second-order valence-electron chi connectivity index (χ2n) is 5.57. The third-order valence-electron chi connectivity index (χ3n) is 4.68. The monoisotopic (exact) mass is 261 g/mol. The van der Waals surface area contributed by atoms with E-state index < -0.39 is 11.5 Å². The van der Waals surface area contributed by atoms with Gasteiger partial charge < -0.3 is 5.11 Å². The number of carbonyl (C=O) groups is 1. The Bertz CT molecular complexity index is 484. The minimum Gasteiger partial charge on any atom is -0.480 e. The standard InChI is InChI=1S/C16H23NO2/c1-4-16(15(18)19)9-6-10-17(16)11-14-8-5-7-12(2)13(14)3/h5,7-8H,4,6,9-11H2,1-3H3,(H,18,19). The molecule has 0 radical (unpaired) electrons. The van der Waals surface area contributed by atoms with E-state index >= 15 is 0 Å². The number of benzene rings is 1. The van der Waals surface area contributed by atoms with E-state index in [-0.39, 0.29) is 0 Å². The molecule has 1 aromatic carbocycles. The molecule has 1 atom stereocenters. The van der Waals surface area contributed by atoms with Gasteiger partial charge in [-0.3, -0.25) is 9.69 Å². The van der Waals surface area contributed by atoms with Crippen LogP contribution in [0.25, 0.3) is 0 Å². The lowest BCUT2D eigenvalue weighted by molar-refractivity contribution is -0.150. The summed E-state index contributed by atoms with van der Waals surface area (Å²) in [5.74, 6) is -0.669. The second-order valence-corrected chi connectivity index (χ2v) is 5.57. The zero-order valence-corrected chi connectivity index (χ0v) is 12.1. The molecule has 0 bridgehead atoms. The van der Waals surface area contributed by atoms with Gasteiger partial charge in [0.15, 0.2) is 0 Å². The van der Waals surface area contributed by atoms with Crippen LogP contribution in [0.2, 0.25) is 0 Å². The van der Waals surface area contributed by atoms with Gasteiger partial charge in [0, 0.05) is 6.54 Å². The van der Waals surface area contributed by atoms with Crippen molar-refractivity contribution in [1.29, 1.82) is 0 Å². The van der Waals surface area contributed by atoms with Gasteiger partial charge in [0.25, 0.3) is 0 Å². The smallest absolute Gasteiger partial charge is 0.324 e. The van der Waals surface area contributed by atoms with Gasteiger partial charge >= 0.3 is 5.97 Å². The van der Waals surface area contributed by atoms with Crippen molar-refractivity contribution < 1.29 is 9.90 Å². The fourth-order valence-electron chi connectivity index (χ4n) is 3.15. The zero-order chi connectivity index (χ0) is 14.0. The first-order chi connectivity index (χ1) is 9.01. The van der Waals surface area contributed by atoms with Crippen molar-refractivity contribution in [2.24, 2.45) is 0 Å². The summed E-state index contributed by atoms with van der Waals surface area (Å²) in [6, 6.07) is 6.28. The Morgan fingerprint density at radius 3 is 2.79 bits per heavy atom. The number of nitrogens with zero attached hydrogens (tertiary/aromatic N) is 1. The molecule has 0 spiro atoms. The van der Waals surface area contributed by atoms with Crippen LogP contribution in [0.1, 0.15) is 42.9 Å². The van der Waals surface area contributed by atoms with Crippen LogP contribution >= 0.6 is 0 Å². The maximum atomic E-state index is 11.7. The molecule has 19 heavy (non-hydrogen) atoms. The van der Waals surface area contributed by atoms with Gasteiger partial charge in [-0.25, -0.2) is 0 Å². The van der Waals surface area contributed by atoms with Crippen LogP contribution in [-0.2, 0) is 11.3 Å². The topological polar surface area (TPSA) is 40.5 Å². The highest BCUT2D eigenvalue weighted by Crippen LogP contribution is 2.34. The molecular formula is C16H23NO2. The van der Waals surface area contributed by atoms with E-state index in [4.69, 9.17) is 0 Å². The zero-order valence-electron chi connectivity index (χ0n) is 12.1. The van der Waals surface area contributed by atoms with Crippen LogP contribution < -0.4 is 0 Å². The molecule has 1 aliphatic rings. The quantitative estimate of drug-likeness (QED) is 0.905. The Labute approximate surface area is 115 Å². The van der Waals surface area contributed by atoms with E-state index in [1.54, 1.807) is 0 Å². The number of carboxylic acids is 1. The third-order valence-corrected chi connectivity index (χ3v) is 4.68. The van der Waals surface area contributed by atoms with Gasteiger partial charge in [-0.2, -0.15) is 0 Å². The number of aliphatic carboxylic acids is 1. The number of hydrogen-bond acceptors (Lipinski definition) is 2. The van der Waals surface area contributed by atoms with Crippen molar-refractivity contribution in [1.82, 2.24) is 4.90 Å². The highest BCUT2D eigenvalue weighted by atomic mass is 16.4. The van der Waals surface area contributed by atoms with Crippen molar-refractivity contribution in [3.05, 3.63) is 34.9 Å². The van der Waals surface area contributed by atoms with Crippen LogP contribution in [0.5, 0.6) is 0 Å². The molecule has 1 N–H and O–H groups in total. The normalized spacial score (nSPS) is 23.7. The van der Waals surface area contributed by atoms with Crippen molar-refractivity contribution in [2.45, 2.75) is 52.1 Å². The first-order valence-electron chi connectivity index (χ1n) is 7.05. The number of likely N-dealkylation sites (tertiary alicyclic amines) is 1. The lowest BCUT2D eigenvalue weighted by Crippen LogP contribution is -2.49. The summed E-state index contributed by atoms with van der Waals surface area (Å²) in [5.41, 5.74) is 3.15. The van der Waals surface area contributed by atoms with E-state index in [2.05, 4.69) is 36.9 Å². The second kappa shape index (κ2) is 5.33. The van der Waals surface area contributed by atoms with Crippen molar-refractivity contribution in [2.75, 3.05) is 6.54 Å². The fourth-order valence-corrected chi connectivity index (χ4v) is 3.15. The lowest BCUT2D eigenvalue weighted by Gasteiger charge is -2.34. The first kappa shape index (κ1) is 14.1. The SMILES string of the molecule is CCC1(C(=O)O)CCCN1Cc1cccc(C)c1C. The minimum atomic E-state index is -0.669. The average molecular weight is 261 g/mol. The minimum absolute atomic E-state index is 0.657. The molecule has 1 fully saturated rings. The first-order valence-corrected chi connectivity index (χ1v) is 7.05. The Morgan fingerprint density at radius 1 is 1.42 bits per heavy atom. The van der Waals surface area contributed by atoms with Gasteiger partial charge in [-0.05, 0) is 56.3 Å². The largest absolute Gasteiger partial charge is 0.480 e. The van der Waals surface area contributed by atoms with Gasteiger partial charge in [-0.15, -0.1) is 0 Å². The molecule has 0 amide bonds. The Balaban J connectivity index is 2.27. The Morgan fingerprint density at radius 2 is 2.16 bits per heavy atom. The van der Waals surface area contributed by atoms with Crippen molar-refractivity contribution in [3.8, 4) is 0 Å². The van der Waals surface area contributed by atoms with Gasteiger partial charge in [-0.1, -0.05) is 25.1 Å². The fraction of sp³-hybridized carbons (Fsp3) is 0.562. The summed E-state index contributed by atoms with van der Waals surface area (Å²) < 4.78 is 0. The van der Waals surface area contributed by atoms with E-state index in [1.807, 2.05) is 6.92 Å². The van der Waals surface area contributed by atoms with Crippen LogP contribution in [-0.4, -0.2) is 28.1 Å². The summed E-state index contributed by atoms with van der Waals surface area (Å²) in [6.45, 7) is 7.83. The predicted molar refractivity (Wildman–Crippen MR) is 76.2 cm³/mol. The third kappa shape index (κ3) is 2.39. The van der Waals surface area contributed by atoms with Crippen LogP contribution in [0, 0.1) is 13.8 Å². The highest BCUT2D eigenvalue weighted by molar-refractivity contribution is 5.79. The average Bonchev–Trinajstić information content (AvgIpc) is 2.79. The molecule has 1 aliphatic heterocycles. The van der Waals surface area contributed by atoms with Crippen LogP contribution in [0.4, 0.5) is 0 Å². The summed E-state index contributed by atoms with van der Waals surface area (Å²) >= 11 is 0. The number of rotatable bonds is 4. The molecule has 3 heteroatoms. The lowest BCUT2D eigenvalue weighted by atomic mass is 9.92.